The first-order valence-corrected chi connectivity index (χ1v) is 7.11. The Morgan fingerprint density at radius 3 is 2.25 bits per heavy atom. The average molecular weight is 278 g/mol. The molecule has 0 N–H and O–H groups in total. The third-order valence-corrected chi connectivity index (χ3v) is 3.45. The molecule has 1 aliphatic heterocycles. The lowest BCUT2D eigenvalue weighted by Gasteiger charge is -2.34. The molecule has 110 valence electrons. The number of hydrogen-bond acceptors (Lipinski definition) is 3. The molecule has 2 rings (SSSR count). The normalized spacial score (nSPS) is 15.8. The number of furan rings is 1. The Morgan fingerprint density at radius 1 is 1.15 bits per heavy atom. The topological polar surface area (TPSA) is 53.8 Å². The summed E-state index contributed by atoms with van der Waals surface area (Å²) in [5, 5.41) is 0. The first-order chi connectivity index (χ1) is 9.47. The van der Waals surface area contributed by atoms with Crippen LogP contribution in [0.4, 0.5) is 0 Å². The lowest BCUT2D eigenvalue weighted by atomic mass is 10.1. The van der Waals surface area contributed by atoms with Gasteiger partial charge in [-0.2, -0.15) is 0 Å². The monoisotopic (exact) mass is 278 g/mol. The molecule has 0 bridgehead atoms. The summed E-state index contributed by atoms with van der Waals surface area (Å²) in [5.41, 5.74) is 0. The van der Waals surface area contributed by atoms with E-state index < -0.39 is 0 Å². The summed E-state index contributed by atoms with van der Waals surface area (Å²) in [6.45, 7) is 8.26. The number of carbonyl (C=O) groups is 2. The Labute approximate surface area is 119 Å². The van der Waals surface area contributed by atoms with Crippen molar-refractivity contribution >= 4 is 11.8 Å². The molecule has 0 aliphatic carbocycles. The van der Waals surface area contributed by atoms with E-state index in [1.807, 2.05) is 25.7 Å². The van der Waals surface area contributed by atoms with Crippen molar-refractivity contribution in [1.82, 2.24) is 9.80 Å². The van der Waals surface area contributed by atoms with Crippen LogP contribution in [0.2, 0.25) is 0 Å². The number of hydrogen-bond donors (Lipinski definition) is 0. The van der Waals surface area contributed by atoms with Gasteiger partial charge < -0.3 is 14.2 Å². The van der Waals surface area contributed by atoms with E-state index in [2.05, 4.69) is 0 Å². The second-order valence-corrected chi connectivity index (χ2v) is 5.68. The Balaban J connectivity index is 1.88. The molecular weight excluding hydrogens is 256 g/mol. The maximum Gasteiger partial charge on any atom is 0.289 e. The van der Waals surface area contributed by atoms with E-state index in [1.165, 1.54) is 0 Å². The van der Waals surface area contributed by atoms with E-state index in [0.717, 1.165) is 5.76 Å². The van der Waals surface area contributed by atoms with Crippen molar-refractivity contribution in [3.8, 4) is 0 Å². The highest BCUT2D eigenvalue weighted by Crippen LogP contribution is 2.13. The molecule has 1 fully saturated rings. The molecule has 20 heavy (non-hydrogen) atoms. The highest BCUT2D eigenvalue weighted by atomic mass is 16.3. The number of carbonyl (C=O) groups excluding carboxylic acids is 2. The zero-order valence-corrected chi connectivity index (χ0v) is 12.4. The van der Waals surface area contributed by atoms with Gasteiger partial charge in [0.25, 0.3) is 5.91 Å². The molecule has 5 heteroatoms. The standard InChI is InChI=1S/C15H22N2O3/c1-11(2)10-14(18)16-6-8-17(9-7-16)15(19)13-5-4-12(3)20-13/h4-5,11H,6-10H2,1-3H3. The van der Waals surface area contributed by atoms with Crippen LogP contribution in [0.15, 0.2) is 16.5 Å². The van der Waals surface area contributed by atoms with E-state index in [-0.39, 0.29) is 11.8 Å². The molecule has 1 aliphatic rings. The molecule has 0 aromatic carbocycles. The average Bonchev–Trinajstić information content (AvgIpc) is 2.84. The van der Waals surface area contributed by atoms with Gasteiger partial charge in [0.05, 0.1) is 0 Å². The molecule has 0 saturated carbocycles. The van der Waals surface area contributed by atoms with Gasteiger partial charge in [-0.15, -0.1) is 0 Å². The summed E-state index contributed by atoms with van der Waals surface area (Å²) in [5.74, 6) is 1.58. The molecule has 0 unspecified atom stereocenters. The van der Waals surface area contributed by atoms with E-state index in [9.17, 15) is 9.59 Å². The second kappa shape index (κ2) is 6.11. The molecule has 0 radical (unpaired) electrons. The quantitative estimate of drug-likeness (QED) is 0.848. The molecule has 5 nitrogen and oxygen atoms in total. The maximum absolute atomic E-state index is 12.2. The molecular formula is C15H22N2O3. The summed E-state index contributed by atoms with van der Waals surface area (Å²) < 4.78 is 5.35. The molecule has 1 saturated heterocycles. The number of nitrogens with zero attached hydrogens (tertiary/aromatic N) is 2. The van der Waals surface area contributed by atoms with Gasteiger partial charge in [0.15, 0.2) is 5.76 Å². The highest BCUT2D eigenvalue weighted by molar-refractivity contribution is 5.91. The van der Waals surface area contributed by atoms with Crippen molar-refractivity contribution in [2.45, 2.75) is 27.2 Å². The van der Waals surface area contributed by atoms with E-state index in [0.29, 0.717) is 44.3 Å². The summed E-state index contributed by atoms with van der Waals surface area (Å²) in [4.78, 5) is 27.8. The Hall–Kier alpha value is -1.78. The second-order valence-electron chi connectivity index (χ2n) is 5.68. The van der Waals surface area contributed by atoms with Crippen LogP contribution in [0.25, 0.3) is 0 Å². The third-order valence-electron chi connectivity index (χ3n) is 3.45. The Kier molecular flexibility index (Phi) is 4.47. The van der Waals surface area contributed by atoms with Gasteiger partial charge in [-0.1, -0.05) is 13.8 Å². The van der Waals surface area contributed by atoms with Crippen LogP contribution in [0.1, 0.15) is 36.6 Å². The third kappa shape index (κ3) is 3.40. The van der Waals surface area contributed by atoms with E-state index in [1.54, 1.807) is 17.0 Å². The van der Waals surface area contributed by atoms with Crippen molar-refractivity contribution < 1.29 is 14.0 Å². The minimum Gasteiger partial charge on any atom is -0.456 e. The lowest BCUT2D eigenvalue weighted by Crippen LogP contribution is -2.50. The van der Waals surface area contributed by atoms with Crippen LogP contribution in [0.5, 0.6) is 0 Å². The SMILES string of the molecule is Cc1ccc(C(=O)N2CCN(C(=O)CC(C)C)CC2)o1. The maximum atomic E-state index is 12.2. The van der Waals surface area contributed by atoms with Gasteiger partial charge in [-0.05, 0) is 25.0 Å². The largest absolute Gasteiger partial charge is 0.456 e. The van der Waals surface area contributed by atoms with Crippen LogP contribution in [0.3, 0.4) is 0 Å². The zero-order valence-electron chi connectivity index (χ0n) is 12.4. The van der Waals surface area contributed by atoms with Crippen molar-refractivity contribution in [2.75, 3.05) is 26.2 Å². The first-order valence-electron chi connectivity index (χ1n) is 7.11. The van der Waals surface area contributed by atoms with E-state index >= 15 is 0 Å². The minimum atomic E-state index is -0.0888. The smallest absolute Gasteiger partial charge is 0.289 e. The van der Waals surface area contributed by atoms with E-state index in [4.69, 9.17) is 4.42 Å². The molecule has 2 heterocycles. The molecule has 0 spiro atoms. The van der Waals surface area contributed by atoms with Gasteiger partial charge in [-0.25, -0.2) is 0 Å². The zero-order chi connectivity index (χ0) is 14.7. The molecule has 2 amide bonds. The first kappa shape index (κ1) is 14.6. The van der Waals surface area contributed by atoms with Crippen LogP contribution in [-0.4, -0.2) is 47.8 Å². The van der Waals surface area contributed by atoms with Crippen molar-refractivity contribution in [1.29, 1.82) is 0 Å². The summed E-state index contributed by atoms with van der Waals surface area (Å²) in [6.07, 6.45) is 0.575. The fourth-order valence-corrected chi connectivity index (χ4v) is 2.34. The van der Waals surface area contributed by atoms with Gasteiger partial charge in [0.2, 0.25) is 5.91 Å². The highest BCUT2D eigenvalue weighted by Gasteiger charge is 2.26. The predicted octanol–water partition coefficient (Wildman–Crippen LogP) is 1.92. The summed E-state index contributed by atoms with van der Waals surface area (Å²) in [6, 6.07) is 3.49. The van der Waals surface area contributed by atoms with Crippen LogP contribution in [0, 0.1) is 12.8 Å². The van der Waals surface area contributed by atoms with Crippen molar-refractivity contribution in [3.05, 3.63) is 23.7 Å². The van der Waals surface area contributed by atoms with Crippen LogP contribution in [-0.2, 0) is 4.79 Å². The van der Waals surface area contributed by atoms with Gasteiger partial charge in [-0.3, -0.25) is 9.59 Å². The number of rotatable bonds is 3. The minimum absolute atomic E-state index is 0.0888. The van der Waals surface area contributed by atoms with Gasteiger partial charge >= 0.3 is 0 Å². The van der Waals surface area contributed by atoms with Crippen LogP contribution >= 0.6 is 0 Å². The van der Waals surface area contributed by atoms with Gasteiger partial charge in [0, 0.05) is 32.6 Å². The van der Waals surface area contributed by atoms with Crippen molar-refractivity contribution in [2.24, 2.45) is 5.92 Å². The molecule has 1 aromatic rings. The number of amides is 2. The number of piperazine rings is 1. The molecule has 0 atom stereocenters. The predicted molar refractivity (Wildman–Crippen MR) is 75.4 cm³/mol. The summed E-state index contributed by atoms with van der Waals surface area (Å²) >= 11 is 0. The van der Waals surface area contributed by atoms with Gasteiger partial charge in [0.1, 0.15) is 5.76 Å². The van der Waals surface area contributed by atoms with Crippen LogP contribution < -0.4 is 0 Å². The summed E-state index contributed by atoms with van der Waals surface area (Å²) in [7, 11) is 0. The Morgan fingerprint density at radius 2 is 1.75 bits per heavy atom. The van der Waals surface area contributed by atoms with Crippen molar-refractivity contribution in [3.63, 3.8) is 0 Å². The fourth-order valence-electron chi connectivity index (χ4n) is 2.34. The molecule has 1 aromatic heterocycles. The lowest BCUT2D eigenvalue weighted by molar-refractivity contribution is -0.133. The Bertz CT molecular complexity index is 485. The number of aryl methyl sites for hydroxylation is 1. The fraction of sp³-hybridized carbons (Fsp3) is 0.600.